The normalized spacial score (nSPS) is 10.9. The van der Waals surface area contributed by atoms with Crippen molar-refractivity contribution in [2.75, 3.05) is 12.8 Å². The minimum atomic E-state index is -0.176. The molecule has 19 heavy (non-hydrogen) atoms. The van der Waals surface area contributed by atoms with Crippen molar-refractivity contribution in [3.05, 3.63) is 64.4 Å². The van der Waals surface area contributed by atoms with Crippen LogP contribution in [0.15, 0.2) is 42.5 Å². The summed E-state index contributed by atoms with van der Waals surface area (Å²) in [6, 6.07) is 12.4. The van der Waals surface area contributed by atoms with Crippen molar-refractivity contribution in [3.8, 4) is 0 Å². The molecule has 0 spiro atoms. The van der Waals surface area contributed by atoms with Crippen LogP contribution in [-0.4, -0.2) is 11.9 Å². The Morgan fingerprint density at radius 1 is 1.16 bits per heavy atom. The summed E-state index contributed by atoms with van der Waals surface area (Å²) in [6.45, 7) is 1.24. The summed E-state index contributed by atoms with van der Waals surface area (Å²) in [5.74, 6) is -0.176. The third kappa shape index (κ3) is 3.69. The molecule has 0 bridgehead atoms. The Morgan fingerprint density at radius 2 is 1.89 bits per heavy atom. The number of hydrogen-bond acceptors (Lipinski definition) is 2. The maximum atomic E-state index is 13.5. The summed E-state index contributed by atoms with van der Waals surface area (Å²) in [5, 5.41) is 0.556. The van der Waals surface area contributed by atoms with Gasteiger partial charge in [-0.05, 0) is 30.8 Å². The summed E-state index contributed by atoms with van der Waals surface area (Å²) in [6.07, 6.45) is 0. The Bertz CT molecular complexity index is 572. The Morgan fingerprint density at radius 3 is 2.58 bits per heavy atom. The van der Waals surface area contributed by atoms with Crippen LogP contribution < -0.4 is 5.73 Å². The lowest BCUT2D eigenvalue weighted by Crippen LogP contribution is -2.18. The molecule has 0 radical (unpaired) electrons. The van der Waals surface area contributed by atoms with E-state index in [1.165, 1.54) is 6.07 Å². The highest BCUT2D eigenvalue weighted by atomic mass is 35.5. The predicted octanol–water partition coefficient (Wildman–Crippen LogP) is 3.69. The third-order valence-electron chi connectivity index (χ3n) is 2.91. The fraction of sp³-hybridized carbons (Fsp3) is 0.200. The highest BCUT2D eigenvalue weighted by Crippen LogP contribution is 2.20. The van der Waals surface area contributed by atoms with Crippen LogP contribution in [0.3, 0.4) is 0 Å². The van der Waals surface area contributed by atoms with E-state index in [1.54, 1.807) is 18.2 Å². The van der Waals surface area contributed by atoms with Gasteiger partial charge in [-0.3, -0.25) is 4.90 Å². The van der Waals surface area contributed by atoms with E-state index < -0.39 is 0 Å². The second-order valence-corrected chi connectivity index (χ2v) is 5.03. The molecule has 0 fully saturated rings. The quantitative estimate of drug-likeness (QED) is 0.864. The molecule has 4 heteroatoms. The van der Waals surface area contributed by atoms with Gasteiger partial charge in [-0.2, -0.15) is 0 Å². The molecule has 2 rings (SSSR count). The number of nitrogens with zero attached hydrogens (tertiary/aromatic N) is 1. The first kappa shape index (κ1) is 13.8. The van der Waals surface area contributed by atoms with E-state index in [9.17, 15) is 4.39 Å². The lowest BCUT2D eigenvalue weighted by molar-refractivity contribution is 0.313. The van der Waals surface area contributed by atoms with Gasteiger partial charge < -0.3 is 5.73 Å². The molecule has 0 aliphatic rings. The summed E-state index contributed by atoms with van der Waals surface area (Å²) < 4.78 is 13.5. The highest BCUT2D eigenvalue weighted by molar-refractivity contribution is 6.33. The Hall–Kier alpha value is -1.58. The monoisotopic (exact) mass is 278 g/mol. The van der Waals surface area contributed by atoms with Crippen molar-refractivity contribution < 1.29 is 4.39 Å². The smallest absolute Gasteiger partial charge is 0.127 e. The zero-order chi connectivity index (χ0) is 13.8. The van der Waals surface area contributed by atoms with Crippen LogP contribution >= 0.6 is 11.6 Å². The Labute approximate surface area is 117 Å². The summed E-state index contributed by atoms with van der Waals surface area (Å²) in [5.41, 5.74) is 8.07. The average molecular weight is 279 g/mol. The van der Waals surface area contributed by atoms with Crippen LogP contribution in [-0.2, 0) is 13.1 Å². The zero-order valence-corrected chi connectivity index (χ0v) is 11.5. The van der Waals surface area contributed by atoms with E-state index >= 15 is 0 Å². The number of benzene rings is 2. The minimum absolute atomic E-state index is 0.176. The molecule has 2 aromatic rings. The molecular formula is C15H16ClFN2. The zero-order valence-electron chi connectivity index (χ0n) is 10.7. The van der Waals surface area contributed by atoms with Crippen molar-refractivity contribution in [1.29, 1.82) is 0 Å². The van der Waals surface area contributed by atoms with Gasteiger partial charge in [0.25, 0.3) is 0 Å². The molecular weight excluding hydrogens is 263 g/mol. The number of nitrogen functional groups attached to an aromatic ring is 1. The molecule has 2 N–H and O–H groups in total. The van der Waals surface area contributed by atoms with Gasteiger partial charge in [-0.1, -0.05) is 35.9 Å². The summed E-state index contributed by atoms with van der Waals surface area (Å²) in [4.78, 5) is 2.03. The van der Waals surface area contributed by atoms with E-state index in [2.05, 4.69) is 0 Å². The van der Waals surface area contributed by atoms with E-state index in [1.807, 2.05) is 30.1 Å². The molecule has 2 nitrogen and oxygen atoms in total. The molecule has 0 aliphatic heterocycles. The van der Waals surface area contributed by atoms with Gasteiger partial charge in [-0.15, -0.1) is 0 Å². The van der Waals surface area contributed by atoms with Crippen LogP contribution in [0.4, 0.5) is 10.1 Å². The van der Waals surface area contributed by atoms with Gasteiger partial charge in [0.05, 0.1) is 10.7 Å². The fourth-order valence-corrected chi connectivity index (χ4v) is 2.09. The van der Waals surface area contributed by atoms with Crippen molar-refractivity contribution in [3.63, 3.8) is 0 Å². The number of halogens is 2. The molecule has 100 valence electrons. The maximum absolute atomic E-state index is 13.5. The molecule has 0 unspecified atom stereocenters. The Kier molecular flexibility index (Phi) is 4.40. The second-order valence-electron chi connectivity index (χ2n) is 4.62. The van der Waals surface area contributed by atoms with E-state index in [0.29, 0.717) is 29.4 Å². The van der Waals surface area contributed by atoms with Crippen molar-refractivity contribution in [2.24, 2.45) is 0 Å². The van der Waals surface area contributed by atoms with Gasteiger partial charge in [0.2, 0.25) is 0 Å². The van der Waals surface area contributed by atoms with Crippen molar-refractivity contribution >= 4 is 17.3 Å². The van der Waals surface area contributed by atoms with Crippen LogP contribution in [0.5, 0.6) is 0 Å². The molecule has 0 heterocycles. The van der Waals surface area contributed by atoms with Crippen LogP contribution in [0, 0.1) is 5.82 Å². The van der Waals surface area contributed by atoms with Crippen LogP contribution in [0.2, 0.25) is 5.02 Å². The van der Waals surface area contributed by atoms with E-state index in [0.717, 1.165) is 5.56 Å². The van der Waals surface area contributed by atoms with Gasteiger partial charge in [0.15, 0.2) is 0 Å². The standard InChI is InChI=1S/C15H16ClFN2/c1-19(10-12-4-2-3-5-14(12)17)9-11-6-7-13(16)15(18)8-11/h2-8H,9-10,18H2,1H3. The second kappa shape index (κ2) is 6.04. The van der Waals surface area contributed by atoms with E-state index in [4.69, 9.17) is 17.3 Å². The van der Waals surface area contributed by atoms with Crippen LogP contribution in [0.1, 0.15) is 11.1 Å². The predicted molar refractivity (Wildman–Crippen MR) is 77.4 cm³/mol. The fourth-order valence-electron chi connectivity index (χ4n) is 1.98. The summed E-state index contributed by atoms with van der Waals surface area (Å²) in [7, 11) is 1.94. The number of hydrogen-bond donors (Lipinski definition) is 1. The largest absolute Gasteiger partial charge is 0.398 e. The van der Waals surface area contributed by atoms with Crippen LogP contribution in [0.25, 0.3) is 0 Å². The first-order valence-electron chi connectivity index (χ1n) is 6.02. The van der Waals surface area contributed by atoms with Crippen molar-refractivity contribution in [1.82, 2.24) is 4.90 Å². The van der Waals surface area contributed by atoms with Gasteiger partial charge >= 0.3 is 0 Å². The molecule has 0 atom stereocenters. The Balaban J connectivity index is 2.03. The third-order valence-corrected chi connectivity index (χ3v) is 3.26. The first-order valence-corrected chi connectivity index (χ1v) is 6.40. The van der Waals surface area contributed by atoms with Crippen molar-refractivity contribution in [2.45, 2.75) is 13.1 Å². The minimum Gasteiger partial charge on any atom is -0.398 e. The first-order chi connectivity index (χ1) is 9.06. The highest BCUT2D eigenvalue weighted by Gasteiger charge is 2.06. The molecule has 2 aromatic carbocycles. The summed E-state index contributed by atoms with van der Waals surface area (Å²) >= 11 is 5.88. The van der Waals surface area contributed by atoms with Gasteiger partial charge in [0.1, 0.15) is 5.82 Å². The lowest BCUT2D eigenvalue weighted by atomic mass is 10.1. The topological polar surface area (TPSA) is 29.3 Å². The molecule has 0 amide bonds. The number of anilines is 1. The van der Waals surface area contributed by atoms with Gasteiger partial charge in [-0.25, -0.2) is 4.39 Å². The number of nitrogens with two attached hydrogens (primary N) is 1. The SMILES string of the molecule is CN(Cc1ccc(Cl)c(N)c1)Cc1ccccc1F. The number of rotatable bonds is 4. The lowest BCUT2D eigenvalue weighted by Gasteiger charge is -2.17. The average Bonchev–Trinajstić information content (AvgIpc) is 2.37. The van der Waals surface area contributed by atoms with E-state index in [-0.39, 0.29) is 5.82 Å². The molecule has 0 saturated heterocycles. The molecule has 0 saturated carbocycles. The molecule has 0 aromatic heterocycles. The maximum Gasteiger partial charge on any atom is 0.127 e. The van der Waals surface area contributed by atoms with Gasteiger partial charge in [0, 0.05) is 18.7 Å². The molecule has 0 aliphatic carbocycles.